The van der Waals surface area contributed by atoms with Gasteiger partial charge in [0.2, 0.25) is 0 Å². The molecule has 0 aromatic heterocycles. The highest BCUT2D eigenvalue weighted by atomic mass is 19.1. The van der Waals surface area contributed by atoms with Gasteiger partial charge < -0.3 is 5.11 Å². The van der Waals surface area contributed by atoms with E-state index in [9.17, 15) is 9.50 Å². The van der Waals surface area contributed by atoms with E-state index in [-0.39, 0.29) is 11.7 Å². The molecule has 18 heavy (non-hydrogen) atoms. The number of rotatable bonds is 1. The highest BCUT2D eigenvalue weighted by Gasteiger charge is 2.27. The van der Waals surface area contributed by atoms with E-state index >= 15 is 0 Å². The summed E-state index contributed by atoms with van der Waals surface area (Å²) < 4.78 is 13.9. The number of fused-ring (bicyclic) bond motifs is 1. The maximum absolute atomic E-state index is 13.9. The zero-order valence-corrected chi connectivity index (χ0v) is 9.75. The topological polar surface area (TPSA) is 20.2 Å². The van der Waals surface area contributed by atoms with Gasteiger partial charge in [-0.05, 0) is 22.8 Å². The van der Waals surface area contributed by atoms with Crippen molar-refractivity contribution in [3.05, 3.63) is 77.1 Å². The fourth-order valence-corrected chi connectivity index (χ4v) is 2.52. The van der Waals surface area contributed by atoms with Crippen molar-refractivity contribution in [3.63, 3.8) is 0 Å². The van der Waals surface area contributed by atoms with Crippen LogP contribution in [0.2, 0.25) is 0 Å². The summed E-state index contributed by atoms with van der Waals surface area (Å²) in [6, 6.07) is 14.4. The molecule has 0 aliphatic heterocycles. The molecule has 0 radical (unpaired) electrons. The van der Waals surface area contributed by atoms with Crippen LogP contribution in [0.25, 0.3) is 6.08 Å². The van der Waals surface area contributed by atoms with Crippen LogP contribution in [0.4, 0.5) is 4.39 Å². The predicted molar refractivity (Wildman–Crippen MR) is 69.7 cm³/mol. The molecule has 3 rings (SSSR count). The van der Waals surface area contributed by atoms with Crippen molar-refractivity contribution < 1.29 is 9.50 Å². The molecule has 2 atom stereocenters. The Balaban J connectivity index is 2.17. The van der Waals surface area contributed by atoms with Crippen LogP contribution in [-0.4, -0.2) is 11.2 Å². The molecule has 1 nitrogen and oxygen atoms in total. The zero-order chi connectivity index (χ0) is 12.5. The van der Waals surface area contributed by atoms with Crippen molar-refractivity contribution in [2.75, 3.05) is 0 Å². The van der Waals surface area contributed by atoms with Gasteiger partial charge in [0.05, 0.1) is 6.10 Å². The third-order valence-electron chi connectivity index (χ3n) is 3.39. The number of hydrogen-bond donors (Lipinski definition) is 1. The van der Waals surface area contributed by atoms with Gasteiger partial charge >= 0.3 is 0 Å². The largest absolute Gasteiger partial charge is 0.388 e. The van der Waals surface area contributed by atoms with Gasteiger partial charge in [0, 0.05) is 5.92 Å². The van der Waals surface area contributed by atoms with Crippen LogP contribution in [0, 0.1) is 5.82 Å². The van der Waals surface area contributed by atoms with Crippen LogP contribution in [-0.2, 0) is 0 Å². The summed E-state index contributed by atoms with van der Waals surface area (Å²) in [5, 5.41) is 10.1. The Morgan fingerprint density at radius 1 is 0.889 bits per heavy atom. The normalized spacial score (nSPS) is 21.7. The first-order valence-electron chi connectivity index (χ1n) is 5.97. The molecule has 90 valence electrons. The molecule has 1 N–H and O–H groups in total. The van der Waals surface area contributed by atoms with Gasteiger partial charge in [-0.2, -0.15) is 0 Å². The molecule has 2 heteroatoms. The van der Waals surface area contributed by atoms with Gasteiger partial charge in [0.25, 0.3) is 0 Å². The van der Waals surface area contributed by atoms with Crippen LogP contribution in [0.1, 0.15) is 22.6 Å². The number of hydrogen-bond acceptors (Lipinski definition) is 1. The summed E-state index contributed by atoms with van der Waals surface area (Å²) in [6.45, 7) is 0. The van der Waals surface area contributed by atoms with Crippen LogP contribution < -0.4 is 0 Å². The Morgan fingerprint density at radius 2 is 1.56 bits per heavy atom. The summed E-state index contributed by atoms with van der Waals surface area (Å²) >= 11 is 0. The molecule has 0 spiro atoms. The van der Waals surface area contributed by atoms with Crippen LogP contribution in [0.15, 0.2) is 54.6 Å². The molecule has 0 saturated heterocycles. The summed E-state index contributed by atoms with van der Waals surface area (Å²) in [5.41, 5.74) is 2.55. The van der Waals surface area contributed by atoms with E-state index in [0.29, 0.717) is 5.56 Å². The monoisotopic (exact) mass is 240 g/mol. The zero-order valence-electron chi connectivity index (χ0n) is 9.75. The van der Waals surface area contributed by atoms with Crippen molar-refractivity contribution in [1.29, 1.82) is 0 Å². The van der Waals surface area contributed by atoms with Crippen molar-refractivity contribution >= 4 is 6.08 Å². The Bertz CT molecular complexity index is 604. The molecule has 2 aromatic carbocycles. The highest BCUT2D eigenvalue weighted by Crippen LogP contribution is 2.36. The van der Waals surface area contributed by atoms with Gasteiger partial charge in [0.1, 0.15) is 5.82 Å². The molecule has 0 saturated carbocycles. The lowest BCUT2D eigenvalue weighted by atomic mass is 9.80. The molecule has 1 aliphatic carbocycles. The Hall–Kier alpha value is -1.93. The van der Waals surface area contributed by atoms with Gasteiger partial charge in [0.15, 0.2) is 0 Å². The summed E-state index contributed by atoms with van der Waals surface area (Å²) in [6.07, 6.45) is 2.92. The minimum Gasteiger partial charge on any atom is -0.388 e. The summed E-state index contributed by atoms with van der Waals surface area (Å²) in [5.74, 6) is -0.598. The minimum absolute atomic E-state index is 0.272. The Kier molecular flexibility index (Phi) is 2.73. The Morgan fingerprint density at radius 3 is 2.33 bits per heavy atom. The quantitative estimate of drug-likeness (QED) is 0.810. The third-order valence-corrected chi connectivity index (χ3v) is 3.39. The van der Waals surface area contributed by atoms with E-state index < -0.39 is 6.10 Å². The first-order valence-corrected chi connectivity index (χ1v) is 5.97. The number of aliphatic hydroxyl groups is 1. The maximum atomic E-state index is 13.9. The van der Waals surface area contributed by atoms with E-state index in [0.717, 1.165) is 11.1 Å². The average molecular weight is 240 g/mol. The molecule has 0 amide bonds. The summed E-state index contributed by atoms with van der Waals surface area (Å²) in [7, 11) is 0. The molecular weight excluding hydrogens is 227 g/mol. The van der Waals surface area contributed by atoms with Crippen molar-refractivity contribution in [1.82, 2.24) is 0 Å². The average Bonchev–Trinajstić information content (AvgIpc) is 2.40. The van der Waals surface area contributed by atoms with Gasteiger partial charge in [-0.3, -0.25) is 0 Å². The fourth-order valence-electron chi connectivity index (χ4n) is 2.52. The van der Waals surface area contributed by atoms with Crippen molar-refractivity contribution in [3.8, 4) is 0 Å². The fraction of sp³-hybridized carbons (Fsp3) is 0.125. The second kappa shape index (κ2) is 4.39. The van der Waals surface area contributed by atoms with Gasteiger partial charge in [-0.25, -0.2) is 4.39 Å². The third kappa shape index (κ3) is 1.75. The molecule has 2 aromatic rings. The van der Waals surface area contributed by atoms with Gasteiger partial charge in [-0.1, -0.05) is 54.6 Å². The standard InChI is InChI=1S/C16H13FO/c17-14-8-4-3-7-13(14)16-12-6-2-1-5-11(12)9-10-15(16)18/h1-10,15-16,18H. The molecule has 2 unspecified atom stereocenters. The summed E-state index contributed by atoms with van der Waals surface area (Å²) in [4.78, 5) is 0. The minimum atomic E-state index is -0.684. The molecule has 0 bridgehead atoms. The lowest BCUT2D eigenvalue weighted by molar-refractivity contribution is 0.202. The lowest BCUT2D eigenvalue weighted by Gasteiger charge is -2.27. The second-order valence-electron chi connectivity index (χ2n) is 4.48. The van der Waals surface area contributed by atoms with Gasteiger partial charge in [-0.15, -0.1) is 0 Å². The van der Waals surface area contributed by atoms with Crippen LogP contribution >= 0.6 is 0 Å². The Labute approximate surface area is 105 Å². The number of aliphatic hydroxyl groups excluding tert-OH is 1. The molecule has 1 aliphatic rings. The van der Waals surface area contributed by atoms with E-state index in [1.165, 1.54) is 6.07 Å². The molecule has 0 fully saturated rings. The highest BCUT2D eigenvalue weighted by molar-refractivity contribution is 5.61. The second-order valence-corrected chi connectivity index (χ2v) is 4.48. The van der Waals surface area contributed by atoms with E-state index in [2.05, 4.69) is 0 Å². The van der Waals surface area contributed by atoms with Crippen molar-refractivity contribution in [2.24, 2.45) is 0 Å². The number of benzene rings is 2. The van der Waals surface area contributed by atoms with Crippen LogP contribution in [0.5, 0.6) is 0 Å². The lowest BCUT2D eigenvalue weighted by Crippen LogP contribution is -2.22. The predicted octanol–water partition coefficient (Wildman–Crippen LogP) is 3.35. The number of halogens is 1. The molecule has 0 heterocycles. The smallest absolute Gasteiger partial charge is 0.127 e. The SMILES string of the molecule is OC1C=Cc2ccccc2C1c1ccccc1F. The molecular formula is C16H13FO. The maximum Gasteiger partial charge on any atom is 0.127 e. The van der Waals surface area contributed by atoms with Crippen molar-refractivity contribution in [2.45, 2.75) is 12.0 Å². The van der Waals surface area contributed by atoms with E-state index in [4.69, 9.17) is 0 Å². The van der Waals surface area contributed by atoms with Crippen LogP contribution in [0.3, 0.4) is 0 Å². The first-order chi connectivity index (χ1) is 8.77. The van der Waals surface area contributed by atoms with E-state index in [1.807, 2.05) is 30.3 Å². The first kappa shape index (κ1) is 11.2. The van der Waals surface area contributed by atoms with E-state index in [1.54, 1.807) is 24.3 Å².